The fourth-order valence-electron chi connectivity index (χ4n) is 2.37. The number of aliphatic hydroxyl groups excluding tert-OH is 1. The molecule has 0 atom stereocenters. The van der Waals surface area contributed by atoms with Gasteiger partial charge in [0.05, 0.1) is 23.7 Å². The zero-order valence-electron chi connectivity index (χ0n) is 13.5. The molecule has 134 valence electrons. The number of nitrogens with one attached hydrogen (secondary N) is 1. The lowest BCUT2D eigenvalue weighted by molar-refractivity contribution is -0.137. The lowest BCUT2D eigenvalue weighted by Gasteiger charge is -2.07. The standard InChI is InChI=1S/C18H13F3N2O3/c1-26-12-4-2-3-10(7-12)16(24)9-15-17(25)23-14-8-11(18(19,20)21)5-6-13(14)22-15/h2-9,24H,1H3,(H,23,25)/b16-9-. The average Bonchev–Trinajstić information content (AvgIpc) is 2.61. The Hall–Kier alpha value is -3.29. The van der Waals surface area contributed by atoms with Gasteiger partial charge in [0, 0.05) is 11.6 Å². The molecule has 0 fully saturated rings. The molecule has 26 heavy (non-hydrogen) atoms. The normalized spacial score (nSPS) is 12.4. The zero-order chi connectivity index (χ0) is 18.9. The van der Waals surface area contributed by atoms with E-state index in [2.05, 4.69) is 9.97 Å². The van der Waals surface area contributed by atoms with Crippen LogP contribution in [0.3, 0.4) is 0 Å². The SMILES string of the molecule is COc1cccc(/C(O)=C/c2nc3ccc(C(F)(F)F)cc3[nH]c2=O)c1. The number of alkyl halides is 3. The summed E-state index contributed by atoms with van der Waals surface area (Å²) in [5.74, 6) is 0.288. The summed E-state index contributed by atoms with van der Waals surface area (Å²) < 4.78 is 43.3. The van der Waals surface area contributed by atoms with Crippen LogP contribution >= 0.6 is 0 Å². The van der Waals surface area contributed by atoms with Crippen LogP contribution in [0.4, 0.5) is 13.2 Å². The van der Waals surface area contributed by atoms with E-state index >= 15 is 0 Å². The van der Waals surface area contributed by atoms with E-state index in [9.17, 15) is 23.1 Å². The topological polar surface area (TPSA) is 75.2 Å². The lowest BCUT2D eigenvalue weighted by atomic mass is 10.1. The van der Waals surface area contributed by atoms with Gasteiger partial charge in [0.2, 0.25) is 0 Å². The molecule has 0 amide bonds. The second kappa shape index (κ2) is 6.55. The molecule has 0 radical (unpaired) electrons. The van der Waals surface area contributed by atoms with E-state index in [0.29, 0.717) is 11.3 Å². The number of rotatable bonds is 3. The Kier molecular flexibility index (Phi) is 4.41. The summed E-state index contributed by atoms with van der Waals surface area (Å²) in [4.78, 5) is 18.5. The van der Waals surface area contributed by atoms with Gasteiger partial charge in [-0.1, -0.05) is 12.1 Å². The second-order valence-corrected chi connectivity index (χ2v) is 5.44. The van der Waals surface area contributed by atoms with Crippen LogP contribution in [-0.2, 0) is 6.18 Å². The monoisotopic (exact) mass is 362 g/mol. The molecule has 0 aliphatic rings. The number of fused-ring (bicyclic) bond motifs is 1. The van der Waals surface area contributed by atoms with Gasteiger partial charge in [0.15, 0.2) is 0 Å². The first kappa shape index (κ1) is 17.5. The summed E-state index contributed by atoms with van der Waals surface area (Å²) in [7, 11) is 1.48. The van der Waals surface area contributed by atoms with Crippen molar-refractivity contribution >= 4 is 22.9 Å². The minimum absolute atomic E-state index is 0.0390. The molecule has 8 heteroatoms. The smallest absolute Gasteiger partial charge is 0.416 e. The third-order valence-electron chi connectivity index (χ3n) is 3.68. The van der Waals surface area contributed by atoms with E-state index in [4.69, 9.17) is 4.74 Å². The minimum Gasteiger partial charge on any atom is -0.507 e. The molecular formula is C18H13F3N2O3. The van der Waals surface area contributed by atoms with Crippen LogP contribution in [0.2, 0.25) is 0 Å². The number of hydrogen-bond acceptors (Lipinski definition) is 4. The van der Waals surface area contributed by atoms with Crippen LogP contribution in [0, 0.1) is 0 Å². The summed E-state index contributed by atoms with van der Waals surface area (Å²) in [5.41, 5.74) is -1.20. The molecule has 0 spiro atoms. The quantitative estimate of drug-likeness (QED) is 0.691. The Balaban J connectivity index is 2.05. The number of aliphatic hydroxyl groups is 1. The van der Waals surface area contributed by atoms with Crippen molar-refractivity contribution in [2.45, 2.75) is 6.18 Å². The van der Waals surface area contributed by atoms with Crippen LogP contribution in [0.1, 0.15) is 16.8 Å². The van der Waals surface area contributed by atoms with E-state index in [1.54, 1.807) is 24.3 Å². The van der Waals surface area contributed by atoms with Crippen molar-refractivity contribution in [1.29, 1.82) is 0 Å². The third-order valence-corrected chi connectivity index (χ3v) is 3.68. The van der Waals surface area contributed by atoms with Gasteiger partial charge in [0.1, 0.15) is 17.2 Å². The molecule has 1 heterocycles. The first-order chi connectivity index (χ1) is 12.3. The Morgan fingerprint density at radius 3 is 2.69 bits per heavy atom. The van der Waals surface area contributed by atoms with Crippen molar-refractivity contribution in [2.75, 3.05) is 7.11 Å². The van der Waals surface area contributed by atoms with E-state index in [1.165, 1.54) is 7.11 Å². The highest BCUT2D eigenvalue weighted by Gasteiger charge is 2.30. The number of hydrogen-bond donors (Lipinski definition) is 2. The summed E-state index contributed by atoms with van der Waals surface area (Å²) in [5, 5.41) is 10.2. The van der Waals surface area contributed by atoms with Gasteiger partial charge in [-0.15, -0.1) is 0 Å². The van der Waals surface area contributed by atoms with Gasteiger partial charge in [-0.2, -0.15) is 13.2 Å². The molecule has 0 saturated carbocycles. The summed E-state index contributed by atoms with van der Waals surface area (Å²) in [6.45, 7) is 0. The Morgan fingerprint density at radius 1 is 1.23 bits per heavy atom. The lowest BCUT2D eigenvalue weighted by Crippen LogP contribution is -2.13. The maximum absolute atomic E-state index is 12.8. The molecule has 0 saturated heterocycles. The van der Waals surface area contributed by atoms with Crippen LogP contribution in [0.25, 0.3) is 22.9 Å². The number of H-pyrrole nitrogens is 1. The summed E-state index contributed by atoms with van der Waals surface area (Å²) >= 11 is 0. The number of ether oxygens (including phenoxy) is 1. The maximum Gasteiger partial charge on any atom is 0.416 e. The van der Waals surface area contributed by atoms with Crippen molar-refractivity contribution in [3.63, 3.8) is 0 Å². The van der Waals surface area contributed by atoms with Crippen molar-refractivity contribution in [3.8, 4) is 5.75 Å². The van der Waals surface area contributed by atoms with Crippen molar-refractivity contribution < 1.29 is 23.0 Å². The van der Waals surface area contributed by atoms with Gasteiger partial charge in [0.25, 0.3) is 5.56 Å². The van der Waals surface area contributed by atoms with E-state index in [1.807, 2.05) is 0 Å². The second-order valence-electron chi connectivity index (χ2n) is 5.44. The largest absolute Gasteiger partial charge is 0.507 e. The molecule has 3 aromatic rings. The predicted molar refractivity (Wildman–Crippen MR) is 90.9 cm³/mol. The predicted octanol–water partition coefficient (Wildman–Crippen LogP) is 4.01. The molecular weight excluding hydrogens is 349 g/mol. The number of methoxy groups -OCH3 is 1. The molecule has 5 nitrogen and oxygen atoms in total. The van der Waals surface area contributed by atoms with E-state index in [-0.39, 0.29) is 22.5 Å². The van der Waals surface area contributed by atoms with Crippen LogP contribution < -0.4 is 10.3 Å². The molecule has 2 aromatic carbocycles. The van der Waals surface area contributed by atoms with Crippen molar-refractivity contribution in [2.24, 2.45) is 0 Å². The minimum atomic E-state index is -4.52. The molecule has 0 aliphatic carbocycles. The molecule has 1 aromatic heterocycles. The average molecular weight is 362 g/mol. The zero-order valence-corrected chi connectivity index (χ0v) is 13.5. The Labute approximate surface area is 145 Å². The van der Waals surface area contributed by atoms with Gasteiger partial charge < -0.3 is 14.8 Å². The van der Waals surface area contributed by atoms with Crippen LogP contribution in [0.5, 0.6) is 5.75 Å². The van der Waals surface area contributed by atoms with E-state index < -0.39 is 17.3 Å². The molecule has 0 aliphatic heterocycles. The van der Waals surface area contributed by atoms with Gasteiger partial charge in [-0.3, -0.25) is 4.79 Å². The van der Waals surface area contributed by atoms with Crippen molar-refractivity contribution in [1.82, 2.24) is 9.97 Å². The first-order valence-corrected chi connectivity index (χ1v) is 7.44. The van der Waals surface area contributed by atoms with Crippen molar-refractivity contribution in [3.05, 3.63) is 69.6 Å². The van der Waals surface area contributed by atoms with Gasteiger partial charge >= 0.3 is 6.18 Å². The molecule has 0 bridgehead atoms. The highest BCUT2D eigenvalue weighted by atomic mass is 19.4. The maximum atomic E-state index is 12.8. The summed E-state index contributed by atoms with van der Waals surface area (Å²) in [6.07, 6.45) is -3.38. The summed E-state index contributed by atoms with van der Waals surface area (Å²) in [6, 6.07) is 9.39. The fraction of sp³-hybridized carbons (Fsp3) is 0.111. The Morgan fingerprint density at radius 2 is 2.00 bits per heavy atom. The fourth-order valence-corrected chi connectivity index (χ4v) is 2.37. The highest BCUT2D eigenvalue weighted by molar-refractivity contribution is 5.80. The first-order valence-electron chi connectivity index (χ1n) is 7.44. The number of benzene rings is 2. The number of halogens is 3. The number of nitrogens with zero attached hydrogens (tertiary/aromatic N) is 1. The van der Waals surface area contributed by atoms with Gasteiger partial charge in [-0.25, -0.2) is 4.98 Å². The highest BCUT2D eigenvalue weighted by Crippen LogP contribution is 2.30. The van der Waals surface area contributed by atoms with Gasteiger partial charge in [-0.05, 0) is 30.3 Å². The molecule has 3 rings (SSSR count). The number of aromatic nitrogens is 2. The third kappa shape index (κ3) is 3.53. The van der Waals surface area contributed by atoms with Crippen LogP contribution in [-0.4, -0.2) is 22.2 Å². The Bertz CT molecular complexity index is 1060. The molecule has 0 unspecified atom stereocenters. The number of aromatic amines is 1. The van der Waals surface area contributed by atoms with E-state index in [0.717, 1.165) is 24.3 Å². The molecule has 2 N–H and O–H groups in total. The van der Waals surface area contributed by atoms with Crippen LogP contribution in [0.15, 0.2) is 47.3 Å².